The molecular formula is C26H37N3O5S. The summed E-state index contributed by atoms with van der Waals surface area (Å²) in [6.45, 7) is 7.35. The Labute approximate surface area is 209 Å². The van der Waals surface area contributed by atoms with Crippen LogP contribution in [0.3, 0.4) is 0 Å². The van der Waals surface area contributed by atoms with Crippen LogP contribution in [-0.2, 0) is 26.2 Å². The van der Waals surface area contributed by atoms with E-state index in [9.17, 15) is 18.0 Å². The molecule has 8 nitrogen and oxygen atoms in total. The van der Waals surface area contributed by atoms with Crippen molar-refractivity contribution in [3.05, 3.63) is 59.7 Å². The molecule has 0 fully saturated rings. The molecule has 0 aliphatic carbocycles. The quantitative estimate of drug-likeness (QED) is 0.479. The fourth-order valence-corrected chi connectivity index (χ4v) is 4.67. The molecule has 35 heavy (non-hydrogen) atoms. The highest BCUT2D eigenvalue weighted by atomic mass is 32.2. The van der Waals surface area contributed by atoms with E-state index in [0.717, 1.165) is 21.9 Å². The van der Waals surface area contributed by atoms with Gasteiger partial charge in [-0.1, -0.05) is 43.7 Å². The molecule has 2 amide bonds. The topological polar surface area (TPSA) is 96.0 Å². The molecule has 2 unspecified atom stereocenters. The van der Waals surface area contributed by atoms with Gasteiger partial charge in [0.25, 0.3) is 0 Å². The smallest absolute Gasteiger partial charge is 0.243 e. The second-order valence-electron chi connectivity index (χ2n) is 8.69. The number of methoxy groups -OCH3 is 1. The number of aryl methyl sites for hydroxylation is 1. The van der Waals surface area contributed by atoms with Crippen LogP contribution in [0.5, 0.6) is 5.75 Å². The molecular weight excluding hydrogens is 466 g/mol. The van der Waals surface area contributed by atoms with Gasteiger partial charge in [0, 0.05) is 19.6 Å². The first-order valence-corrected chi connectivity index (χ1v) is 13.2. The fraction of sp³-hybridized carbons (Fsp3) is 0.462. The van der Waals surface area contributed by atoms with E-state index in [-0.39, 0.29) is 29.9 Å². The van der Waals surface area contributed by atoms with Gasteiger partial charge >= 0.3 is 0 Å². The van der Waals surface area contributed by atoms with Crippen LogP contribution in [0.1, 0.15) is 44.7 Å². The predicted molar refractivity (Wildman–Crippen MR) is 137 cm³/mol. The molecule has 0 radical (unpaired) electrons. The second kappa shape index (κ2) is 12.7. The average molecular weight is 504 g/mol. The Bertz CT molecular complexity index is 1080. The monoisotopic (exact) mass is 503 g/mol. The summed E-state index contributed by atoms with van der Waals surface area (Å²) in [5.41, 5.74) is 1.74. The Balaban J connectivity index is 2.32. The Kier molecular flexibility index (Phi) is 10.3. The standard InChI is InChI=1S/C26H37N3O5S/c1-7-20(4)27-26(31)24(8-2)29(17-21-11-13-22(34-6)14-12-21)25(30)18-28(5)35(32,33)23-15-9-19(3)10-16-23/h9-16,20,24H,7-8,17-18H2,1-6H3,(H,27,31). The zero-order valence-corrected chi connectivity index (χ0v) is 22.3. The van der Waals surface area contributed by atoms with Gasteiger partial charge in [0.05, 0.1) is 18.6 Å². The molecule has 0 aliphatic rings. The summed E-state index contributed by atoms with van der Waals surface area (Å²) in [5, 5.41) is 2.95. The van der Waals surface area contributed by atoms with Gasteiger partial charge in [0.2, 0.25) is 21.8 Å². The lowest BCUT2D eigenvalue weighted by atomic mass is 10.1. The first-order chi connectivity index (χ1) is 16.5. The molecule has 2 aromatic rings. The summed E-state index contributed by atoms with van der Waals surface area (Å²) in [7, 11) is -0.928. The minimum Gasteiger partial charge on any atom is -0.497 e. The molecule has 1 N–H and O–H groups in total. The minimum absolute atomic E-state index is 0.0425. The number of benzene rings is 2. The van der Waals surface area contributed by atoms with Gasteiger partial charge in [0.15, 0.2) is 0 Å². The van der Waals surface area contributed by atoms with Crippen molar-refractivity contribution in [1.29, 1.82) is 0 Å². The average Bonchev–Trinajstić information content (AvgIpc) is 2.84. The van der Waals surface area contributed by atoms with Crippen molar-refractivity contribution in [2.24, 2.45) is 0 Å². The Morgan fingerprint density at radius 3 is 2.11 bits per heavy atom. The van der Waals surface area contributed by atoms with Gasteiger partial charge in [0.1, 0.15) is 11.8 Å². The molecule has 0 heterocycles. The summed E-state index contributed by atoms with van der Waals surface area (Å²) >= 11 is 0. The largest absolute Gasteiger partial charge is 0.497 e. The highest BCUT2D eigenvalue weighted by Crippen LogP contribution is 2.19. The second-order valence-corrected chi connectivity index (χ2v) is 10.7. The van der Waals surface area contributed by atoms with E-state index in [1.165, 1.54) is 24.1 Å². The maximum Gasteiger partial charge on any atom is 0.243 e. The Morgan fingerprint density at radius 1 is 1.00 bits per heavy atom. The van der Waals surface area contributed by atoms with Crippen LogP contribution in [0.15, 0.2) is 53.4 Å². The van der Waals surface area contributed by atoms with Crippen molar-refractivity contribution in [3.8, 4) is 5.75 Å². The predicted octanol–water partition coefficient (Wildman–Crippen LogP) is 3.35. The first kappa shape index (κ1) is 28.3. The van der Waals surface area contributed by atoms with Crippen LogP contribution < -0.4 is 10.1 Å². The van der Waals surface area contributed by atoms with Crippen molar-refractivity contribution in [1.82, 2.24) is 14.5 Å². The molecule has 0 aromatic heterocycles. The summed E-state index contributed by atoms with van der Waals surface area (Å²) in [6, 6.07) is 12.9. The number of amides is 2. The molecule has 0 aliphatic heterocycles. The van der Waals surface area contributed by atoms with Crippen molar-refractivity contribution >= 4 is 21.8 Å². The molecule has 0 spiro atoms. The maximum atomic E-state index is 13.5. The number of nitrogens with zero attached hydrogens (tertiary/aromatic N) is 2. The number of carbonyl (C=O) groups excluding carboxylic acids is 2. The maximum absolute atomic E-state index is 13.5. The van der Waals surface area contributed by atoms with Crippen LogP contribution in [0.25, 0.3) is 0 Å². The van der Waals surface area contributed by atoms with Crippen LogP contribution in [-0.4, -0.2) is 62.2 Å². The summed E-state index contributed by atoms with van der Waals surface area (Å²) in [6.07, 6.45) is 1.14. The van der Waals surface area contributed by atoms with E-state index in [2.05, 4.69) is 5.32 Å². The lowest BCUT2D eigenvalue weighted by molar-refractivity contribution is -0.141. The van der Waals surface area contributed by atoms with Gasteiger partial charge in [-0.3, -0.25) is 9.59 Å². The number of rotatable bonds is 12. The van der Waals surface area contributed by atoms with E-state index < -0.39 is 22.0 Å². The number of nitrogens with one attached hydrogen (secondary N) is 1. The van der Waals surface area contributed by atoms with Gasteiger partial charge < -0.3 is 15.0 Å². The molecule has 2 aromatic carbocycles. The van der Waals surface area contributed by atoms with Gasteiger partial charge in [-0.25, -0.2) is 8.42 Å². The zero-order valence-electron chi connectivity index (χ0n) is 21.4. The van der Waals surface area contributed by atoms with Crippen LogP contribution in [0, 0.1) is 6.92 Å². The molecule has 2 rings (SSSR count). The van der Waals surface area contributed by atoms with Crippen molar-refractivity contribution in [3.63, 3.8) is 0 Å². The number of ether oxygens (including phenoxy) is 1. The fourth-order valence-electron chi connectivity index (χ4n) is 3.54. The third-order valence-electron chi connectivity index (χ3n) is 5.99. The number of likely N-dealkylation sites (N-methyl/N-ethyl adjacent to an activating group) is 1. The van der Waals surface area contributed by atoms with Crippen LogP contribution in [0.2, 0.25) is 0 Å². The molecule has 0 saturated heterocycles. The third-order valence-corrected chi connectivity index (χ3v) is 7.80. The third kappa shape index (κ3) is 7.53. The Morgan fingerprint density at radius 2 is 1.60 bits per heavy atom. The van der Waals surface area contributed by atoms with Crippen LogP contribution in [0.4, 0.5) is 0 Å². The van der Waals surface area contributed by atoms with Crippen LogP contribution >= 0.6 is 0 Å². The van der Waals surface area contributed by atoms with E-state index in [1.807, 2.05) is 39.8 Å². The van der Waals surface area contributed by atoms with Crippen molar-refractivity contribution in [2.45, 2.75) is 64.1 Å². The molecule has 2 atom stereocenters. The first-order valence-electron chi connectivity index (χ1n) is 11.8. The highest BCUT2D eigenvalue weighted by Gasteiger charge is 2.32. The molecule has 0 saturated carbocycles. The van der Waals surface area contributed by atoms with E-state index in [0.29, 0.717) is 12.2 Å². The number of carbonyl (C=O) groups is 2. The molecule has 9 heteroatoms. The SMILES string of the molecule is CCC(C)NC(=O)C(CC)N(Cc1ccc(OC)cc1)C(=O)CN(C)S(=O)(=O)c1ccc(C)cc1. The summed E-state index contributed by atoms with van der Waals surface area (Å²) in [4.78, 5) is 28.1. The van der Waals surface area contributed by atoms with E-state index in [1.54, 1.807) is 31.4 Å². The number of hydrogen-bond donors (Lipinski definition) is 1. The summed E-state index contributed by atoms with van der Waals surface area (Å²) < 4.78 is 32.3. The van der Waals surface area contributed by atoms with Crippen molar-refractivity contribution < 1.29 is 22.7 Å². The van der Waals surface area contributed by atoms with Gasteiger partial charge in [-0.05, 0) is 56.5 Å². The van der Waals surface area contributed by atoms with E-state index in [4.69, 9.17) is 4.74 Å². The number of sulfonamides is 1. The summed E-state index contributed by atoms with van der Waals surface area (Å²) in [5.74, 6) is -0.0324. The number of hydrogen-bond acceptors (Lipinski definition) is 5. The minimum atomic E-state index is -3.87. The highest BCUT2D eigenvalue weighted by molar-refractivity contribution is 7.89. The Hall–Kier alpha value is -2.91. The van der Waals surface area contributed by atoms with Crippen molar-refractivity contribution in [2.75, 3.05) is 20.7 Å². The lowest BCUT2D eigenvalue weighted by Crippen LogP contribution is -2.53. The van der Waals surface area contributed by atoms with E-state index >= 15 is 0 Å². The normalized spacial score (nSPS) is 13.2. The molecule has 0 bridgehead atoms. The lowest BCUT2D eigenvalue weighted by Gasteiger charge is -2.32. The van der Waals surface area contributed by atoms with Gasteiger partial charge in [-0.15, -0.1) is 0 Å². The molecule has 192 valence electrons. The zero-order chi connectivity index (χ0) is 26.2. The van der Waals surface area contributed by atoms with Gasteiger partial charge in [-0.2, -0.15) is 4.31 Å².